The van der Waals surface area contributed by atoms with Gasteiger partial charge in [-0.1, -0.05) is 44.1 Å². The summed E-state index contributed by atoms with van der Waals surface area (Å²) in [5.41, 5.74) is 3.21. The van der Waals surface area contributed by atoms with Crippen molar-refractivity contribution in [2.45, 2.75) is 44.9 Å². The monoisotopic (exact) mass is 457 g/mol. The van der Waals surface area contributed by atoms with Crippen molar-refractivity contribution in [3.63, 3.8) is 0 Å². The Labute approximate surface area is 188 Å². The van der Waals surface area contributed by atoms with Gasteiger partial charge in [0.25, 0.3) is 10.0 Å². The molecule has 2 aromatic carbocycles. The van der Waals surface area contributed by atoms with E-state index in [4.69, 9.17) is 9.26 Å². The highest BCUT2D eigenvalue weighted by Crippen LogP contribution is 2.37. The van der Waals surface area contributed by atoms with Gasteiger partial charge in [0.1, 0.15) is 10.6 Å². The molecule has 0 spiro atoms. The van der Waals surface area contributed by atoms with Gasteiger partial charge >= 0.3 is 0 Å². The second-order valence-corrected chi connectivity index (χ2v) is 9.27. The van der Waals surface area contributed by atoms with Crippen molar-refractivity contribution in [1.29, 1.82) is 0 Å². The Balaban J connectivity index is 2.05. The first-order valence-electron chi connectivity index (χ1n) is 10.2. The molecule has 8 nitrogen and oxygen atoms in total. The first-order chi connectivity index (χ1) is 15.2. The third-order valence-corrected chi connectivity index (χ3v) is 6.36. The number of methoxy groups -OCH3 is 1. The summed E-state index contributed by atoms with van der Waals surface area (Å²) in [6.07, 6.45) is 0.535. The van der Waals surface area contributed by atoms with Crippen LogP contribution in [0.15, 0.2) is 51.9 Å². The Kier molecular flexibility index (Phi) is 6.88. The number of benzene rings is 2. The molecule has 1 aromatic heterocycles. The molecular formula is C23H27N3O5S. The molecule has 0 bridgehead atoms. The van der Waals surface area contributed by atoms with Crippen molar-refractivity contribution >= 4 is 27.5 Å². The van der Waals surface area contributed by atoms with Crippen LogP contribution in [0.25, 0.3) is 11.1 Å². The highest BCUT2D eigenvalue weighted by atomic mass is 32.2. The molecule has 2 N–H and O–H groups in total. The molecule has 170 valence electrons. The lowest BCUT2D eigenvalue weighted by Crippen LogP contribution is -2.14. The third kappa shape index (κ3) is 4.94. The van der Waals surface area contributed by atoms with E-state index in [1.807, 2.05) is 19.1 Å². The van der Waals surface area contributed by atoms with Crippen LogP contribution in [0.2, 0.25) is 0 Å². The number of nitrogens with one attached hydrogen (secondary N) is 2. The Hall–Kier alpha value is -3.33. The quantitative estimate of drug-likeness (QED) is 0.503. The molecule has 0 aliphatic heterocycles. The molecule has 9 heteroatoms. The number of carbonyl (C=O) groups excluding carboxylic acids is 1. The lowest BCUT2D eigenvalue weighted by Gasteiger charge is -2.14. The number of aryl methyl sites for hydroxylation is 1. The summed E-state index contributed by atoms with van der Waals surface area (Å²) in [5.74, 6) is 0.375. The van der Waals surface area contributed by atoms with Crippen molar-refractivity contribution in [3.8, 4) is 16.9 Å². The number of sulfonamides is 1. The summed E-state index contributed by atoms with van der Waals surface area (Å²) in [7, 11) is -2.56. The van der Waals surface area contributed by atoms with Gasteiger partial charge in [-0.15, -0.1) is 0 Å². The summed E-state index contributed by atoms with van der Waals surface area (Å²) >= 11 is 0. The zero-order valence-corrected chi connectivity index (χ0v) is 19.5. The van der Waals surface area contributed by atoms with Crippen LogP contribution in [0.1, 0.15) is 44.9 Å². The summed E-state index contributed by atoms with van der Waals surface area (Å²) in [6, 6.07) is 12.0. The van der Waals surface area contributed by atoms with Crippen LogP contribution in [0.3, 0.4) is 0 Å². The topological polar surface area (TPSA) is 111 Å². The van der Waals surface area contributed by atoms with Crippen LogP contribution in [0.4, 0.5) is 11.6 Å². The molecule has 1 heterocycles. The average molecular weight is 458 g/mol. The van der Waals surface area contributed by atoms with Crippen LogP contribution in [0, 0.1) is 0 Å². The fourth-order valence-electron chi connectivity index (χ4n) is 3.30. The van der Waals surface area contributed by atoms with E-state index < -0.39 is 10.0 Å². The van der Waals surface area contributed by atoms with Crippen LogP contribution in [-0.2, 0) is 21.2 Å². The predicted octanol–water partition coefficient (Wildman–Crippen LogP) is 4.80. The lowest BCUT2D eigenvalue weighted by atomic mass is 10.0. The van der Waals surface area contributed by atoms with Crippen molar-refractivity contribution in [1.82, 2.24) is 5.16 Å². The van der Waals surface area contributed by atoms with E-state index in [9.17, 15) is 13.2 Å². The molecule has 0 aliphatic carbocycles. The number of ether oxygens (including phenoxy) is 1. The standard InChI is InChI=1S/C23H27N3O5S/c1-6-19-22(23(31-25-19)24-15(4)27)17-9-12-20(30-5)21(13-17)32(28,29)26-18-10-7-16(8-11-18)14(2)3/h7-14,26H,6H2,1-5H3,(H,24,27). The normalized spacial score (nSPS) is 11.4. The number of nitrogens with zero attached hydrogens (tertiary/aromatic N) is 1. The van der Waals surface area contributed by atoms with Crippen molar-refractivity contribution in [2.24, 2.45) is 0 Å². The van der Waals surface area contributed by atoms with Gasteiger partial charge in [0.15, 0.2) is 0 Å². The molecule has 0 fully saturated rings. The molecule has 3 rings (SSSR count). The minimum Gasteiger partial charge on any atom is -0.495 e. The van der Waals surface area contributed by atoms with Gasteiger partial charge in [-0.3, -0.25) is 14.8 Å². The number of rotatable bonds is 8. The summed E-state index contributed by atoms with van der Waals surface area (Å²) in [5, 5.41) is 6.61. The number of amides is 1. The zero-order valence-electron chi connectivity index (χ0n) is 18.7. The summed E-state index contributed by atoms with van der Waals surface area (Å²) < 4.78 is 39.7. The second kappa shape index (κ2) is 9.44. The third-order valence-electron chi connectivity index (χ3n) is 4.96. The van der Waals surface area contributed by atoms with Gasteiger partial charge in [0.05, 0.1) is 18.4 Å². The SMILES string of the molecule is CCc1noc(NC(C)=O)c1-c1ccc(OC)c(S(=O)(=O)Nc2ccc(C(C)C)cc2)c1. The fourth-order valence-corrected chi connectivity index (χ4v) is 4.55. The molecule has 0 aliphatic rings. The minimum absolute atomic E-state index is 0.0394. The molecule has 1 amide bonds. The van der Waals surface area contributed by atoms with Crippen molar-refractivity contribution in [3.05, 3.63) is 53.7 Å². The maximum Gasteiger partial charge on any atom is 0.265 e. The number of anilines is 2. The smallest absolute Gasteiger partial charge is 0.265 e. The van der Waals surface area contributed by atoms with Gasteiger partial charge in [0.2, 0.25) is 11.8 Å². The Bertz CT molecular complexity index is 1210. The molecule has 3 aromatic rings. The number of carbonyl (C=O) groups is 1. The Morgan fingerprint density at radius 1 is 1.16 bits per heavy atom. The van der Waals surface area contributed by atoms with Crippen LogP contribution in [-0.4, -0.2) is 26.6 Å². The van der Waals surface area contributed by atoms with E-state index >= 15 is 0 Å². The van der Waals surface area contributed by atoms with Crippen LogP contribution < -0.4 is 14.8 Å². The number of hydrogen-bond donors (Lipinski definition) is 2. The highest BCUT2D eigenvalue weighted by molar-refractivity contribution is 7.92. The van der Waals surface area contributed by atoms with Crippen molar-refractivity contribution in [2.75, 3.05) is 17.1 Å². The molecule has 0 atom stereocenters. The van der Waals surface area contributed by atoms with E-state index in [0.717, 1.165) is 5.56 Å². The first kappa shape index (κ1) is 23.3. The van der Waals surface area contributed by atoms with E-state index in [2.05, 4.69) is 29.0 Å². The molecule has 0 saturated carbocycles. The van der Waals surface area contributed by atoms with Gasteiger partial charge in [-0.05, 0) is 47.7 Å². The van der Waals surface area contributed by atoms with Gasteiger partial charge < -0.3 is 9.26 Å². The average Bonchev–Trinajstić information content (AvgIpc) is 3.15. The highest BCUT2D eigenvalue weighted by Gasteiger charge is 2.24. The maximum atomic E-state index is 13.2. The molecule has 0 radical (unpaired) electrons. The van der Waals surface area contributed by atoms with E-state index in [1.165, 1.54) is 20.1 Å². The van der Waals surface area contributed by atoms with Crippen molar-refractivity contribution < 1.29 is 22.5 Å². The van der Waals surface area contributed by atoms with E-state index in [-0.39, 0.29) is 22.4 Å². The summed E-state index contributed by atoms with van der Waals surface area (Å²) in [6.45, 7) is 7.39. The fraction of sp³-hybridized carbons (Fsp3) is 0.304. The Morgan fingerprint density at radius 3 is 2.41 bits per heavy atom. The number of hydrogen-bond acceptors (Lipinski definition) is 6. The summed E-state index contributed by atoms with van der Waals surface area (Å²) in [4.78, 5) is 11.5. The van der Waals surface area contributed by atoms with Gasteiger partial charge in [0, 0.05) is 12.6 Å². The predicted molar refractivity (Wildman–Crippen MR) is 124 cm³/mol. The van der Waals surface area contributed by atoms with Gasteiger partial charge in [-0.25, -0.2) is 8.42 Å². The zero-order chi connectivity index (χ0) is 23.5. The van der Waals surface area contributed by atoms with E-state index in [0.29, 0.717) is 34.8 Å². The molecular weight excluding hydrogens is 430 g/mol. The molecule has 32 heavy (non-hydrogen) atoms. The minimum atomic E-state index is -3.97. The molecule has 0 saturated heterocycles. The number of aromatic nitrogens is 1. The lowest BCUT2D eigenvalue weighted by molar-refractivity contribution is -0.114. The molecule has 0 unspecified atom stereocenters. The first-order valence-corrected chi connectivity index (χ1v) is 11.7. The largest absolute Gasteiger partial charge is 0.495 e. The van der Waals surface area contributed by atoms with Gasteiger partial charge in [-0.2, -0.15) is 0 Å². The van der Waals surface area contributed by atoms with E-state index in [1.54, 1.807) is 24.3 Å². The van der Waals surface area contributed by atoms with Crippen LogP contribution >= 0.6 is 0 Å². The Morgan fingerprint density at radius 2 is 1.84 bits per heavy atom. The second-order valence-electron chi connectivity index (χ2n) is 7.62. The van der Waals surface area contributed by atoms with Crippen LogP contribution in [0.5, 0.6) is 5.75 Å². The maximum absolute atomic E-state index is 13.2.